The predicted octanol–water partition coefficient (Wildman–Crippen LogP) is 6.17. The Kier molecular flexibility index (Phi) is 9.19. The molecule has 198 valence electrons. The SMILES string of the molecule is Cc1cc(NC(=O)C(C)Sc2ccc(NC(=O)/C(=C/c3ccc(Cl)cc3)NC(=O)c3ccccc3)cc2)no1. The first-order valence-corrected chi connectivity index (χ1v) is 13.2. The minimum Gasteiger partial charge on any atom is -0.360 e. The van der Waals surface area contributed by atoms with Gasteiger partial charge in [-0.2, -0.15) is 0 Å². The molecule has 0 aliphatic heterocycles. The number of hydrogen-bond acceptors (Lipinski definition) is 6. The maximum atomic E-state index is 13.2. The van der Waals surface area contributed by atoms with E-state index in [1.165, 1.54) is 11.8 Å². The highest BCUT2D eigenvalue weighted by Gasteiger charge is 2.17. The number of amides is 3. The van der Waals surface area contributed by atoms with Gasteiger partial charge in [-0.05, 0) is 74.0 Å². The summed E-state index contributed by atoms with van der Waals surface area (Å²) in [5.41, 5.74) is 1.71. The zero-order valence-corrected chi connectivity index (χ0v) is 22.7. The lowest BCUT2D eigenvalue weighted by Crippen LogP contribution is -2.30. The van der Waals surface area contributed by atoms with Crippen molar-refractivity contribution >= 4 is 58.7 Å². The molecular formula is C29H25ClN4O4S. The van der Waals surface area contributed by atoms with E-state index >= 15 is 0 Å². The zero-order chi connectivity index (χ0) is 27.8. The number of hydrogen-bond donors (Lipinski definition) is 3. The Morgan fingerprint density at radius 3 is 2.28 bits per heavy atom. The number of nitrogens with zero attached hydrogens (tertiary/aromatic N) is 1. The molecule has 0 aliphatic rings. The van der Waals surface area contributed by atoms with Gasteiger partial charge in [-0.15, -0.1) is 11.8 Å². The van der Waals surface area contributed by atoms with Crippen molar-refractivity contribution in [1.29, 1.82) is 0 Å². The summed E-state index contributed by atoms with van der Waals surface area (Å²) in [7, 11) is 0. The van der Waals surface area contributed by atoms with Crippen molar-refractivity contribution in [2.24, 2.45) is 0 Å². The minimum absolute atomic E-state index is 0.0676. The molecule has 0 radical (unpaired) electrons. The summed E-state index contributed by atoms with van der Waals surface area (Å²) in [5, 5.41) is 12.2. The maximum absolute atomic E-state index is 13.2. The Balaban J connectivity index is 1.43. The molecule has 8 nitrogen and oxygen atoms in total. The third-order valence-corrected chi connectivity index (χ3v) is 6.75. The van der Waals surface area contributed by atoms with Crippen LogP contribution in [0, 0.1) is 6.92 Å². The third-order valence-electron chi connectivity index (χ3n) is 5.38. The van der Waals surface area contributed by atoms with E-state index in [9.17, 15) is 14.4 Å². The van der Waals surface area contributed by atoms with Gasteiger partial charge in [-0.25, -0.2) is 0 Å². The molecule has 1 unspecified atom stereocenters. The van der Waals surface area contributed by atoms with E-state index in [1.807, 2.05) is 0 Å². The highest BCUT2D eigenvalue weighted by atomic mass is 35.5. The summed E-state index contributed by atoms with van der Waals surface area (Å²) < 4.78 is 4.97. The summed E-state index contributed by atoms with van der Waals surface area (Å²) in [6, 6.07) is 24.2. The number of aromatic nitrogens is 1. The Labute approximate surface area is 234 Å². The van der Waals surface area contributed by atoms with Crippen LogP contribution in [0.15, 0.2) is 100 Å². The molecule has 0 bridgehead atoms. The number of anilines is 2. The molecule has 0 aliphatic carbocycles. The number of nitrogens with one attached hydrogen (secondary N) is 3. The summed E-state index contributed by atoms with van der Waals surface area (Å²) in [4.78, 5) is 39.3. The van der Waals surface area contributed by atoms with Crippen LogP contribution in [0.5, 0.6) is 0 Å². The van der Waals surface area contributed by atoms with Crippen molar-refractivity contribution in [3.05, 3.63) is 113 Å². The maximum Gasteiger partial charge on any atom is 0.272 e. The van der Waals surface area contributed by atoms with Crippen molar-refractivity contribution in [3.63, 3.8) is 0 Å². The molecule has 39 heavy (non-hydrogen) atoms. The van der Waals surface area contributed by atoms with E-state index in [0.29, 0.717) is 33.4 Å². The van der Waals surface area contributed by atoms with Crippen LogP contribution in [-0.4, -0.2) is 28.1 Å². The topological polar surface area (TPSA) is 113 Å². The quantitative estimate of drug-likeness (QED) is 0.167. The van der Waals surface area contributed by atoms with Gasteiger partial charge in [-0.3, -0.25) is 14.4 Å². The van der Waals surface area contributed by atoms with E-state index < -0.39 is 17.1 Å². The fourth-order valence-corrected chi connectivity index (χ4v) is 4.39. The number of aryl methyl sites for hydroxylation is 1. The van der Waals surface area contributed by atoms with E-state index in [0.717, 1.165) is 4.90 Å². The van der Waals surface area contributed by atoms with E-state index in [1.54, 1.807) is 105 Å². The first kappa shape index (κ1) is 27.7. The Hall–Kier alpha value is -4.34. The van der Waals surface area contributed by atoms with Crippen LogP contribution < -0.4 is 16.0 Å². The predicted molar refractivity (Wildman–Crippen MR) is 154 cm³/mol. The molecule has 0 saturated heterocycles. The molecular weight excluding hydrogens is 536 g/mol. The smallest absolute Gasteiger partial charge is 0.272 e. The molecule has 1 aromatic heterocycles. The first-order chi connectivity index (χ1) is 18.8. The molecule has 1 atom stereocenters. The monoisotopic (exact) mass is 560 g/mol. The number of halogens is 1. The summed E-state index contributed by atoms with van der Waals surface area (Å²) in [5.74, 6) is -0.147. The highest BCUT2D eigenvalue weighted by Crippen LogP contribution is 2.26. The molecule has 4 rings (SSSR count). The van der Waals surface area contributed by atoms with E-state index in [4.69, 9.17) is 16.1 Å². The molecule has 3 N–H and O–H groups in total. The number of thioether (sulfide) groups is 1. The summed E-state index contributed by atoms with van der Waals surface area (Å²) in [6.45, 7) is 3.53. The Morgan fingerprint density at radius 1 is 0.949 bits per heavy atom. The van der Waals surface area contributed by atoms with Crippen molar-refractivity contribution < 1.29 is 18.9 Å². The summed E-state index contributed by atoms with van der Waals surface area (Å²) >= 11 is 7.34. The van der Waals surface area contributed by atoms with Gasteiger partial charge in [0.15, 0.2) is 5.82 Å². The second-order valence-corrected chi connectivity index (χ2v) is 10.3. The van der Waals surface area contributed by atoms with Crippen LogP contribution in [0.25, 0.3) is 6.08 Å². The van der Waals surface area contributed by atoms with E-state index in [2.05, 4.69) is 21.1 Å². The zero-order valence-electron chi connectivity index (χ0n) is 21.1. The van der Waals surface area contributed by atoms with Gasteiger partial charge in [0, 0.05) is 27.2 Å². The molecule has 0 spiro atoms. The van der Waals surface area contributed by atoms with Crippen LogP contribution in [0.1, 0.15) is 28.6 Å². The number of benzene rings is 3. The van der Waals surface area contributed by atoms with Crippen molar-refractivity contribution in [1.82, 2.24) is 10.5 Å². The molecule has 0 saturated carbocycles. The third kappa shape index (κ3) is 8.07. The van der Waals surface area contributed by atoms with Crippen LogP contribution in [0.4, 0.5) is 11.5 Å². The second kappa shape index (κ2) is 12.9. The lowest BCUT2D eigenvalue weighted by atomic mass is 10.1. The summed E-state index contributed by atoms with van der Waals surface area (Å²) in [6.07, 6.45) is 1.58. The Morgan fingerprint density at radius 2 is 1.64 bits per heavy atom. The van der Waals surface area contributed by atoms with E-state index in [-0.39, 0.29) is 11.6 Å². The molecule has 0 fully saturated rings. The van der Waals surface area contributed by atoms with Gasteiger partial charge in [0.1, 0.15) is 11.5 Å². The van der Waals surface area contributed by atoms with Gasteiger partial charge in [0.25, 0.3) is 11.8 Å². The second-order valence-electron chi connectivity index (χ2n) is 8.48. The number of rotatable bonds is 9. The van der Waals surface area contributed by atoms with Gasteiger partial charge < -0.3 is 20.5 Å². The number of carbonyl (C=O) groups excluding carboxylic acids is 3. The largest absolute Gasteiger partial charge is 0.360 e. The Bertz CT molecular complexity index is 1490. The van der Waals surface area contributed by atoms with Gasteiger partial charge in [-0.1, -0.05) is 47.1 Å². The number of carbonyl (C=O) groups is 3. The molecule has 3 aromatic carbocycles. The van der Waals surface area contributed by atoms with Crippen LogP contribution in [0.2, 0.25) is 5.02 Å². The normalized spacial score (nSPS) is 11.9. The lowest BCUT2D eigenvalue weighted by Gasteiger charge is -2.13. The fourth-order valence-electron chi connectivity index (χ4n) is 3.39. The molecule has 10 heteroatoms. The molecule has 3 amide bonds. The average molecular weight is 561 g/mol. The minimum atomic E-state index is -0.495. The van der Waals surface area contributed by atoms with Crippen LogP contribution >= 0.6 is 23.4 Å². The first-order valence-electron chi connectivity index (χ1n) is 11.9. The molecule has 4 aromatic rings. The highest BCUT2D eigenvalue weighted by molar-refractivity contribution is 8.00. The lowest BCUT2D eigenvalue weighted by molar-refractivity contribution is -0.115. The van der Waals surface area contributed by atoms with Crippen molar-refractivity contribution in [3.8, 4) is 0 Å². The van der Waals surface area contributed by atoms with Gasteiger partial charge in [0.2, 0.25) is 5.91 Å². The fraction of sp³-hybridized carbons (Fsp3) is 0.103. The van der Waals surface area contributed by atoms with Gasteiger partial charge in [0.05, 0.1) is 5.25 Å². The van der Waals surface area contributed by atoms with Crippen molar-refractivity contribution in [2.75, 3.05) is 10.6 Å². The van der Waals surface area contributed by atoms with Crippen molar-refractivity contribution in [2.45, 2.75) is 24.0 Å². The van der Waals surface area contributed by atoms with Crippen LogP contribution in [-0.2, 0) is 9.59 Å². The van der Waals surface area contributed by atoms with Crippen LogP contribution in [0.3, 0.4) is 0 Å². The molecule has 1 heterocycles. The standard InChI is InChI=1S/C29H25ClN4O4S/c1-18-16-26(34-38-18)33-27(35)19(2)39-24-14-12-23(13-15-24)31-29(37)25(17-20-8-10-22(30)11-9-20)32-28(36)21-6-4-3-5-7-21/h3-17,19H,1-2H3,(H,31,37)(H,32,36)(H,33,34,35)/b25-17-. The van der Waals surface area contributed by atoms with Gasteiger partial charge >= 0.3 is 0 Å². The average Bonchev–Trinajstić information content (AvgIpc) is 3.35.